The second-order valence-electron chi connectivity index (χ2n) is 10.7. The number of carbonyl (C=O) groups is 2. The molecule has 1 aromatic rings. The maximum absolute atomic E-state index is 13.3. The minimum atomic E-state index is -1.93. The summed E-state index contributed by atoms with van der Waals surface area (Å²) in [4.78, 5) is 24.6. The number of benzene rings is 1. The van der Waals surface area contributed by atoms with Crippen molar-refractivity contribution in [1.82, 2.24) is 0 Å². The predicted octanol–water partition coefficient (Wildman–Crippen LogP) is 6.95. The summed E-state index contributed by atoms with van der Waals surface area (Å²) in [6, 6.07) is 10.2. The van der Waals surface area contributed by atoms with E-state index in [0.717, 1.165) is 44.1 Å². The van der Waals surface area contributed by atoms with Gasteiger partial charge >= 0.3 is 5.97 Å². The van der Waals surface area contributed by atoms with Crippen LogP contribution in [0.5, 0.6) is 0 Å². The monoisotopic (exact) mass is 458 g/mol. The van der Waals surface area contributed by atoms with Crippen LogP contribution in [0.1, 0.15) is 77.7 Å². The molecule has 1 aromatic carbocycles. The first kappa shape index (κ1) is 26.5. The van der Waals surface area contributed by atoms with Gasteiger partial charge in [0, 0.05) is 18.3 Å². The van der Waals surface area contributed by atoms with Crippen molar-refractivity contribution in [2.45, 2.75) is 96.4 Å². The van der Waals surface area contributed by atoms with E-state index < -0.39 is 13.7 Å². The van der Waals surface area contributed by atoms with E-state index in [1.54, 1.807) is 0 Å². The summed E-state index contributed by atoms with van der Waals surface area (Å²) in [6.07, 6.45) is 10.6. The maximum atomic E-state index is 13.3. The number of hydrogen-bond acceptors (Lipinski definition) is 4. The van der Waals surface area contributed by atoms with Crippen molar-refractivity contribution in [3.8, 4) is 0 Å². The van der Waals surface area contributed by atoms with Crippen LogP contribution in [0.25, 0.3) is 6.08 Å². The Kier molecular flexibility index (Phi) is 9.47. The van der Waals surface area contributed by atoms with Crippen molar-refractivity contribution < 1.29 is 18.8 Å². The lowest BCUT2D eigenvalue weighted by molar-refractivity contribution is -0.140. The van der Waals surface area contributed by atoms with Crippen LogP contribution in [-0.2, 0) is 18.8 Å². The van der Waals surface area contributed by atoms with E-state index in [1.807, 2.05) is 18.2 Å². The van der Waals surface area contributed by atoms with Gasteiger partial charge in [0.15, 0.2) is 8.32 Å². The largest absolute Gasteiger partial charge is 0.469 e. The summed E-state index contributed by atoms with van der Waals surface area (Å²) in [5, 5.41) is 0.126. The van der Waals surface area contributed by atoms with E-state index in [4.69, 9.17) is 9.16 Å². The number of unbranched alkanes of at least 4 members (excludes halogenated alkanes) is 3. The zero-order valence-corrected chi connectivity index (χ0v) is 21.9. The molecule has 2 unspecified atom stereocenters. The molecule has 4 nitrogen and oxygen atoms in total. The van der Waals surface area contributed by atoms with Gasteiger partial charge < -0.3 is 9.16 Å². The van der Waals surface area contributed by atoms with Gasteiger partial charge in [-0.3, -0.25) is 9.59 Å². The number of esters is 1. The molecule has 0 amide bonds. The summed E-state index contributed by atoms with van der Waals surface area (Å²) >= 11 is 0. The van der Waals surface area contributed by atoms with Crippen molar-refractivity contribution in [3.05, 3.63) is 42.0 Å². The molecule has 0 aromatic heterocycles. The highest BCUT2D eigenvalue weighted by Crippen LogP contribution is 2.46. The number of carbonyl (C=O) groups excluding carboxylic acids is 2. The third kappa shape index (κ3) is 7.41. The average Bonchev–Trinajstić information content (AvgIpc) is 3.03. The zero-order chi connectivity index (χ0) is 23.8. The summed E-state index contributed by atoms with van der Waals surface area (Å²) in [6.45, 7) is 11.3. The van der Waals surface area contributed by atoms with Crippen LogP contribution in [0.4, 0.5) is 0 Å². The van der Waals surface area contributed by atoms with Gasteiger partial charge in [-0.05, 0) is 43.0 Å². The van der Waals surface area contributed by atoms with Gasteiger partial charge in [-0.25, -0.2) is 0 Å². The number of rotatable bonds is 11. The van der Waals surface area contributed by atoms with Gasteiger partial charge in [0.05, 0.1) is 13.2 Å². The third-order valence-corrected chi connectivity index (χ3v) is 11.7. The van der Waals surface area contributed by atoms with Crippen molar-refractivity contribution in [3.63, 3.8) is 0 Å². The smallest absolute Gasteiger partial charge is 0.305 e. The van der Waals surface area contributed by atoms with E-state index in [2.05, 4.69) is 58.2 Å². The summed E-state index contributed by atoms with van der Waals surface area (Å²) in [7, 11) is -0.503. The quantitative estimate of drug-likeness (QED) is 0.204. The van der Waals surface area contributed by atoms with E-state index in [1.165, 1.54) is 7.11 Å². The molecule has 2 atom stereocenters. The molecule has 1 aliphatic carbocycles. The first-order chi connectivity index (χ1) is 15.0. The number of allylic oxidation sites excluding steroid dienone is 1. The molecule has 1 fully saturated rings. The fourth-order valence-electron chi connectivity index (χ4n) is 4.15. The van der Waals surface area contributed by atoms with Crippen LogP contribution in [0.15, 0.2) is 36.4 Å². The van der Waals surface area contributed by atoms with Crippen molar-refractivity contribution in [2.24, 2.45) is 5.41 Å². The van der Waals surface area contributed by atoms with E-state index in [-0.39, 0.29) is 17.1 Å². The standard InChI is InChI=1S/C27H42O4Si/c1-26(2,3)32(5,6)31-23-20-24(28)27(21-23,19-17-22-14-10-9-11-15-22)18-13-8-7-12-16-25(29)30-4/h9-11,14-15,17,19,23H,7-8,12-13,16,18,20-21H2,1-6H3/b19-17+. The van der Waals surface area contributed by atoms with Crippen LogP contribution in [0.2, 0.25) is 18.1 Å². The molecule has 1 aliphatic rings. The van der Waals surface area contributed by atoms with Gasteiger partial charge in [0.1, 0.15) is 5.78 Å². The molecule has 178 valence electrons. The van der Waals surface area contributed by atoms with Crippen LogP contribution in [-0.4, -0.2) is 33.3 Å². The Bertz CT molecular complexity index is 779. The molecular weight excluding hydrogens is 416 g/mol. The lowest BCUT2D eigenvalue weighted by atomic mass is 9.79. The van der Waals surface area contributed by atoms with Crippen molar-refractivity contribution in [1.29, 1.82) is 0 Å². The number of methoxy groups -OCH3 is 1. The van der Waals surface area contributed by atoms with Gasteiger partial charge in [-0.15, -0.1) is 0 Å². The molecule has 2 rings (SSSR count). The van der Waals surface area contributed by atoms with Crippen LogP contribution < -0.4 is 0 Å². The first-order valence-corrected chi connectivity index (χ1v) is 14.9. The molecule has 32 heavy (non-hydrogen) atoms. The zero-order valence-electron chi connectivity index (χ0n) is 20.9. The van der Waals surface area contributed by atoms with E-state index in [0.29, 0.717) is 18.6 Å². The molecule has 0 aliphatic heterocycles. The highest BCUT2D eigenvalue weighted by molar-refractivity contribution is 6.74. The van der Waals surface area contributed by atoms with Crippen LogP contribution >= 0.6 is 0 Å². The second kappa shape index (κ2) is 11.4. The highest BCUT2D eigenvalue weighted by Gasteiger charge is 2.48. The fraction of sp³-hybridized carbons (Fsp3) is 0.630. The highest BCUT2D eigenvalue weighted by atomic mass is 28.4. The fourth-order valence-corrected chi connectivity index (χ4v) is 5.50. The number of ketones is 1. The second-order valence-corrected chi connectivity index (χ2v) is 15.5. The number of ether oxygens (including phenoxy) is 1. The minimum absolute atomic E-state index is 0.00291. The lowest BCUT2D eigenvalue weighted by Crippen LogP contribution is -2.43. The molecule has 0 spiro atoms. The SMILES string of the molecule is COC(=O)CCCCCCC1(/C=C/c2ccccc2)CC(O[Si](C)(C)C(C)(C)C)CC1=O. The maximum Gasteiger partial charge on any atom is 0.305 e. The Balaban J connectivity index is 2.08. The minimum Gasteiger partial charge on any atom is -0.469 e. The molecular formula is C27H42O4Si. The topological polar surface area (TPSA) is 52.6 Å². The van der Waals surface area contributed by atoms with Gasteiger partial charge in [-0.1, -0.05) is 82.5 Å². The van der Waals surface area contributed by atoms with Crippen LogP contribution in [0.3, 0.4) is 0 Å². The molecule has 0 bridgehead atoms. The third-order valence-electron chi connectivity index (χ3n) is 7.20. The molecule has 0 radical (unpaired) electrons. The molecule has 1 saturated carbocycles. The summed E-state index contributed by atoms with van der Waals surface area (Å²) < 4.78 is 11.4. The molecule has 5 heteroatoms. The van der Waals surface area contributed by atoms with E-state index >= 15 is 0 Å². The summed E-state index contributed by atoms with van der Waals surface area (Å²) in [5.74, 6) is 0.159. The van der Waals surface area contributed by atoms with Crippen LogP contribution in [0, 0.1) is 5.41 Å². The van der Waals surface area contributed by atoms with Gasteiger partial charge in [-0.2, -0.15) is 0 Å². The molecule has 0 N–H and O–H groups in total. The predicted molar refractivity (Wildman–Crippen MR) is 134 cm³/mol. The van der Waals surface area contributed by atoms with Gasteiger partial charge in [0.2, 0.25) is 0 Å². The van der Waals surface area contributed by atoms with Crippen molar-refractivity contribution >= 4 is 26.1 Å². The first-order valence-electron chi connectivity index (χ1n) is 12.0. The van der Waals surface area contributed by atoms with Crippen molar-refractivity contribution in [2.75, 3.05) is 7.11 Å². The Morgan fingerprint density at radius 3 is 2.41 bits per heavy atom. The average molecular weight is 459 g/mol. The Hall–Kier alpha value is -1.72. The number of hydrogen-bond donors (Lipinski definition) is 0. The number of Topliss-reactive ketones (excluding diaryl/α,β-unsaturated/α-hetero) is 1. The molecule has 0 heterocycles. The van der Waals surface area contributed by atoms with E-state index in [9.17, 15) is 9.59 Å². The Morgan fingerprint density at radius 2 is 1.78 bits per heavy atom. The normalized spacial score (nSPS) is 21.9. The Morgan fingerprint density at radius 1 is 1.12 bits per heavy atom. The Labute approximate surface area is 195 Å². The lowest BCUT2D eigenvalue weighted by Gasteiger charge is -2.38. The van der Waals surface area contributed by atoms with Gasteiger partial charge in [0.25, 0.3) is 0 Å². The molecule has 0 saturated heterocycles. The summed E-state index contributed by atoms with van der Waals surface area (Å²) in [5.41, 5.74) is 0.664.